The summed E-state index contributed by atoms with van der Waals surface area (Å²) in [6, 6.07) is 0. The highest BCUT2D eigenvalue weighted by atomic mass is 15.0. The standard InChI is InChI=1S/C4H11N.C3H9N3/c1-4-5(2)3;1-2-6-3(4)5/h4H2,1-3H3;2H2,1H3,(H4,4,5,6). The Labute approximate surface area is 69.3 Å². The van der Waals surface area contributed by atoms with Crippen LogP contribution in [0.4, 0.5) is 0 Å². The molecule has 0 radical (unpaired) electrons. The van der Waals surface area contributed by atoms with E-state index >= 15 is 0 Å². The van der Waals surface area contributed by atoms with Crippen molar-refractivity contribution in [2.24, 2.45) is 16.5 Å². The van der Waals surface area contributed by atoms with Crippen molar-refractivity contribution in [2.45, 2.75) is 13.8 Å². The number of hydrogen-bond acceptors (Lipinski definition) is 2. The molecule has 4 heteroatoms. The van der Waals surface area contributed by atoms with Crippen LogP contribution >= 0.6 is 0 Å². The normalized spacial score (nSPS) is 8.45. The molecule has 0 aromatic carbocycles. The first-order valence-electron chi connectivity index (χ1n) is 3.74. The van der Waals surface area contributed by atoms with E-state index in [-0.39, 0.29) is 5.96 Å². The van der Waals surface area contributed by atoms with Gasteiger partial charge in [-0.2, -0.15) is 0 Å². The minimum Gasteiger partial charge on any atom is -0.370 e. The highest BCUT2D eigenvalue weighted by molar-refractivity contribution is 5.75. The maximum atomic E-state index is 4.93. The molecule has 0 amide bonds. The maximum Gasteiger partial charge on any atom is 0.185 e. The number of aliphatic imine (C=N–C) groups is 1. The molecule has 0 bridgehead atoms. The highest BCUT2D eigenvalue weighted by Crippen LogP contribution is 1.63. The third-order valence-corrected chi connectivity index (χ3v) is 0.973. The molecular weight excluding hydrogens is 140 g/mol. The van der Waals surface area contributed by atoms with Crippen molar-refractivity contribution in [3.05, 3.63) is 0 Å². The van der Waals surface area contributed by atoms with Crippen molar-refractivity contribution >= 4 is 5.96 Å². The second-order valence-corrected chi connectivity index (χ2v) is 2.30. The Hall–Kier alpha value is -0.770. The van der Waals surface area contributed by atoms with Gasteiger partial charge in [0.1, 0.15) is 0 Å². The van der Waals surface area contributed by atoms with E-state index in [9.17, 15) is 0 Å². The Morgan fingerprint density at radius 3 is 1.64 bits per heavy atom. The van der Waals surface area contributed by atoms with Crippen LogP contribution in [0.15, 0.2) is 4.99 Å². The van der Waals surface area contributed by atoms with Gasteiger partial charge < -0.3 is 16.4 Å². The van der Waals surface area contributed by atoms with E-state index in [1.165, 1.54) is 0 Å². The van der Waals surface area contributed by atoms with Gasteiger partial charge in [0.25, 0.3) is 0 Å². The third kappa shape index (κ3) is 27.0. The van der Waals surface area contributed by atoms with Gasteiger partial charge in [-0.05, 0) is 27.6 Å². The van der Waals surface area contributed by atoms with Crippen LogP contribution in [0, 0.1) is 0 Å². The second kappa shape index (κ2) is 9.23. The minimum atomic E-state index is 0.164. The van der Waals surface area contributed by atoms with E-state index < -0.39 is 0 Å². The zero-order valence-electron chi connectivity index (χ0n) is 7.96. The fraction of sp³-hybridized carbons (Fsp3) is 0.857. The van der Waals surface area contributed by atoms with Crippen LogP contribution < -0.4 is 11.5 Å². The van der Waals surface area contributed by atoms with Crippen LogP contribution in [0.3, 0.4) is 0 Å². The van der Waals surface area contributed by atoms with Crippen LogP contribution in [0.5, 0.6) is 0 Å². The van der Waals surface area contributed by atoms with Gasteiger partial charge in [0, 0.05) is 6.54 Å². The summed E-state index contributed by atoms with van der Waals surface area (Å²) in [6.45, 7) is 5.81. The molecule has 4 nitrogen and oxygen atoms in total. The molecule has 0 aliphatic heterocycles. The van der Waals surface area contributed by atoms with Crippen molar-refractivity contribution in [1.29, 1.82) is 0 Å². The van der Waals surface area contributed by atoms with Crippen LogP contribution in [0.1, 0.15) is 13.8 Å². The van der Waals surface area contributed by atoms with Gasteiger partial charge >= 0.3 is 0 Å². The lowest BCUT2D eigenvalue weighted by molar-refractivity contribution is 0.434. The Kier molecular flexibility index (Phi) is 10.8. The Balaban J connectivity index is 0. The van der Waals surface area contributed by atoms with E-state index in [4.69, 9.17) is 11.5 Å². The minimum absolute atomic E-state index is 0.164. The quantitative estimate of drug-likeness (QED) is 0.436. The molecule has 68 valence electrons. The van der Waals surface area contributed by atoms with Gasteiger partial charge in [-0.15, -0.1) is 0 Å². The number of rotatable bonds is 2. The third-order valence-electron chi connectivity index (χ3n) is 0.973. The van der Waals surface area contributed by atoms with Crippen LogP contribution in [-0.2, 0) is 0 Å². The molecular formula is C7H20N4. The number of hydrogen-bond donors (Lipinski definition) is 2. The first-order valence-corrected chi connectivity index (χ1v) is 3.74. The lowest BCUT2D eigenvalue weighted by Gasteiger charge is -2.00. The van der Waals surface area contributed by atoms with Crippen molar-refractivity contribution < 1.29 is 0 Å². The van der Waals surface area contributed by atoms with Crippen LogP contribution in [0.25, 0.3) is 0 Å². The lowest BCUT2D eigenvalue weighted by atomic mass is 10.7. The molecule has 11 heavy (non-hydrogen) atoms. The topological polar surface area (TPSA) is 67.6 Å². The summed E-state index contributed by atoms with van der Waals surface area (Å²) >= 11 is 0. The Morgan fingerprint density at radius 2 is 1.64 bits per heavy atom. The first kappa shape index (κ1) is 12.9. The Bertz CT molecular complexity index is 94.6. The van der Waals surface area contributed by atoms with Gasteiger partial charge in [-0.25, -0.2) is 0 Å². The largest absolute Gasteiger partial charge is 0.370 e. The number of nitrogens with two attached hydrogens (primary N) is 2. The fourth-order valence-electron chi connectivity index (χ4n) is 0.183. The van der Waals surface area contributed by atoms with Crippen molar-refractivity contribution in [2.75, 3.05) is 27.2 Å². The van der Waals surface area contributed by atoms with Gasteiger partial charge in [0.15, 0.2) is 5.96 Å². The van der Waals surface area contributed by atoms with Crippen molar-refractivity contribution in [3.63, 3.8) is 0 Å². The molecule has 0 atom stereocenters. The van der Waals surface area contributed by atoms with Crippen molar-refractivity contribution in [3.8, 4) is 0 Å². The summed E-state index contributed by atoms with van der Waals surface area (Å²) in [5.41, 5.74) is 9.86. The number of nitrogens with zero attached hydrogens (tertiary/aromatic N) is 2. The smallest absolute Gasteiger partial charge is 0.185 e. The molecule has 4 N–H and O–H groups in total. The Morgan fingerprint density at radius 1 is 1.27 bits per heavy atom. The maximum absolute atomic E-state index is 4.93. The summed E-state index contributed by atoms with van der Waals surface area (Å²) in [4.78, 5) is 5.72. The molecule has 0 aromatic rings. The van der Waals surface area contributed by atoms with E-state index in [1.54, 1.807) is 0 Å². The van der Waals surface area contributed by atoms with E-state index in [0.717, 1.165) is 6.54 Å². The van der Waals surface area contributed by atoms with Gasteiger partial charge in [-0.3, -0.25) is 4.99 Å². The molecule has 0 aromatic heterocycles. The summed E-state index contributed by atoms with van der Waals surface area (Å²) in [5, 5.41) is 0. The van der Waals surface area contributed by atoms with Gasteiger partial charge in [0.05, 0.1) is 0 Å². The SMILES string of the molecule is CCN(C)C.CCN=C(N)N. The van der Waals surface area contributed by atoms with Crippen LogP contribution in [0.2, 0.25) is 0 Å². The molecule has 0 spiro atoms. The average molecular weight is 160 g/mol. The second-order valence-electron chi connectivity index (χ2n) is 2.30. The molecule has 0 rings (SSSR count). The fourth-order valence-corrected chi connectivity index (χ4v) is 0.183. The molecule has 0 aliphatic rings. The zero-order valence-corrected chi connectivity index (χ0v) is 7.96. The number of guanidine groups is 1. The molecule has 0 fully saturated rings. The predicted octanol–water partition coefficient (Wildman–Crippen LogP) is -0.152. The molecule has 0 aliphatic carbocycles. The van der Waals surface area contributed by atoms with E-state index in [0.29, 0.717) is 6.54 Å². The summed E-state index contributed by atoms with van der Waals surface area (Å²) in [7, 11) is 4.11. The highest BCUT2D eigenvalue weighted by Gasteiger charge is 1.72. The summed E-state index contributed by atoms with van der Waals surface area (Å²) in [6.07, 6.45) is 0. The molecule has 0 unspecified atom stereocenters. The summed E-state index contributed by atoms with van der Waals surface area (Å²) in [5.74, 6) is 0.164. The van der Waals surface area contributed by atoms with E-state index in [2.05, 4.69) is 30.9 Å². The monoisotopic (exact) mass is 160 g/mol. The first-order chi connectivity index (χ1) is 5.04. The van der Waals surface area contributed by atoms with Gasteiger partial charge in [-0.1, -0.05) is 6.92 Å². The predicted molar refractivity (Wildman–Crippen MR) is 50.6 cm³/mol. The van der Waals surface area contributed by atoms with Gasteiger partial charge in [0.2, 0.25) is 0 Å². The average Bonchev–Trinajstić information content (AvgIpc) is 1.89. The molecule has 0 saturated heterocycles. The van der Waals surface area contributed by atoms with Crippen LogP contribution in [-0.4, -0.2) is 38.0 Å². The lowest BCUT2D eigenvalue weighted by Crippen LogP contribution is -2.22. The van der Waals surface area contributed by atoms with E-state index in [1.807, 2.05) is 6.92 Å². The zero-order chi connectivity index (χ0) is 9.28. The molecule has 0 saturated carbocycles. The van der Waals surface area contributed by atoms with Crippen molar-refractivity contribution in [1.82, 2.24) is 4.90 Å². The molecule has 0 heterocycles. The summed E-state index contributed by atoms with van der Waals surface area (Å²) < 4.78 is 0.